The Balaban J connectivity index is 1.38. The number of nitrogens with zero attached hydrogens (tertiary/aromatic N) is 3. The van der Waals surface area contributed by atoms with E-state index in [4.69, 9.17) is 4.99 Å². The Bertz CT molecular complexity index is 1260. The molecule has 1 aromatic carbocycles. The van der Waals surface area contributed by atoms with E-state index in [0.29, 0.717) is 24.9 Å². The predicted octanol–water partition coefficient (Wildman–Crippen LogP) is 4.18. The Kier molecular flexibility index (Phi) is 8.04. The Morgan fingerprint density at radius 1 is 1.16 bits per heavy atom. The molecule has 0 unspecified atom stereocenters. The van der Waals surface area contributed by atoms with Crippen molar-refractivity contribution in [3.63, 3.8) is 0 Å². The second-order valence-electron chi connectivity index (χ2n) is 11.2. The molecule has 3 aliphatic rings. The summed E-state index contributed by atoms with van der Waals surface area (Å²) in [5.41, 5.74) is 5.25. The van der Waals surface area contributed by atoms with Gasteiger partial charge in [0.15, 0.2) is 0 Å². The van der Waals surface area contributed by atoms with Crippen molar-refractivity contribution < 1.29 is 23.1 Å². The van der Waals surface area contributed by atoms with Gasteiger partial charge in [-0.1, -0.05) is 11.1 Å². The summed E-state index contributed by atoms with van der Waals surface area (Å²) in [6, 6.07) is 3.55. The number of piperidine rings is 1. The standard InChI is InChI=1S/C28H40N4O5S/c1-18(2)21-6-8-22(9-7-21)25-29-26(33)28(30-25)11-13-32(14-12-28)38(36,37)15-10-24-19(3)16-23(17-20(24)4)31(5)27(34)35/h16-17,22H,6-15H2,1-5H3,(H,34,35)(H,29,30,33). The van der Waals surface area contributed by atoms with E-state index in [9.17, 15) is 23.1 Å². The minimum Gasteiger partial charge on any atom is -0.465 e. The van der Waals surface area contributed by atoms with Crippen LogP contribution in [0.4, 0.5) is 10.5 Å². The number of benzene rings is 1. The number of aliphatic imine (C=N–C) groups is 1. The zero-order valence-corrected chi connectivity index (χ0v) is 23.9. The molecule has 2 amide bonds. The van der Waals surface area contributed by atoms with Gasteiger partial charge in [-0.3, -0.25) is 14.7 Å². The molecule has 1 saturated heterocycles. The van der Waals surface area contributed by atoms with Crippen molar-refractivity contribution in [1.29, 1.82) is 0 Å². The molecule has 2 aliphatic heterocycles. The Morgan fingerprint density at radius 3 is 2.26 bits per heavy atom. The number of hydrogen-bond acceptors (Lipinski definition) is 5. The highest BCUT2D eigenvalue weighted by Crippen LogP contribution is 2.36. The number of rotatable bonds is 6. The summed E-state index contributed by atoms with van der Waals surface area (Å²) >= 11 is 0. The van der Waals surface area contributed by atoms with E-state index in [1.165, 1.54) is 22.5 Å². The lowest BCUT2D eigenvalue weighted by atomic mass is 9.83. The summed E-state index contributed by atoms with van der Waals surface area (Å²) in [6.45, 7) is 8.61. The zero-order chi connectivity index (χ0) is 27.8. The highest BCUT2D eigenvalue weighted by Gasteiger charge is 2.48. The maximum absolute atomic E-state index is 13.2. The highest BCUT2D eigenvalue weighted by molar-refractivity contribution is 7.89. The summed E-state index contributed by atoms with van der Waals surface area (Å²) in [4.78, 5) is 30.3. The van der Waals surface area contributed by atoms with E-state index in [0.717, 1.165) is 53.1 Å². The van der Waals surface area contributed by atoms with Crippen molar-refractivity contribution in [1.82, 2.24) is 9.62 Å². The minimum atomic E-state index is -3.52. The number of carboxylic acid groups (broad SMARTS) is 1. The number of aryl methyl sites for hydroxylation is 2. The van der Waals surface area contributed by atoms with E-state index in [-0.39, 0.29) is 30.7 Å². The number of carbonyl (C=O) groups is 2. The number of amidine groups is 1. The molecule has 0 aromatic heterocycles. The maximum Gasteiger partial charge on any atom is 0.411 e. The van der Waals surface area contributed by atoms with Crippen LogP contribution >= 0.6 is 0 Å². The SMILES string of the molecule is CC(C)=C1CCC(C2=NC3(CCN(S(=O)(=O)CCc4c(C)cc(N(C)C(=O)O)cc4C)CC3)C(=O)N2)CC1. The molecule has 1 saturated carbocycles. The van der Waals surface area contributed by atoms with Gasteiger partial charge in [-0.25, -0.2) is 17.5 Å². The fourth-order valence-electron chi connectivity index (χ4n) is 5.98. The molecular formula is C28H40N4O5S. The summed E-state index contributed by atoms with van der Waals surface area (Å²) in [5, 5.41) is 12.3. The van der Waals surface area contributed by atoms with E-state index >= 15 is 0 Å². The fraction of sp³-hybridized carbons (Fsp3) is 0.607. The van der Waals surface area contributed by atoms with Crippen molar-refractivity contribution in [2.75, 3.05) is 30.8 Å². The van der Waals surface area contributed by atoms with Gasteiger partial charge in [-0.2, -0.15) is 0 Å². The second-order valence-corrected chi connectivity index (χ2v) is 13.3. The largest absolute Gasteiger partial charge is 0.465 e. The van der Waals surface area contributed by atoms with Crippen LogP contribution in [0, 0.1) is 19.8 Å². The van der Waals surface area contributed by atoms with Crippen LogP contribution in [0.1, 0.15) is 69.1 Å². The topological polar surface area (TPSA) is 119 Å². The fourth-order valence-corrected chi connectivity index (χ4v) is 7.44. The van der Waals surface area contributed by atoms with Crippen molar-refractivity contribution in [3.05, 3.63) is 40.0 Å². The highest BCUT2D eigenvalue weighted by atomic mass is 32.2. The van der Waals surface area contributed by atoms with Gasteiger partial charge in [0.2, 0.25) is 10.0 Å². The van der Waals surface area contributed by atoms with Crippen LogP contribution in [0.5, 0.6) is 0 Å². The van der Waals surface area contributed by atoms with Crippen molar-refractivity contribution in [3.8, 4) is 0 Å². The molecule has 1 aliphatic carbocycles. The lowest BCUT2D eigenvalue weighted by Gasteiger charge is -2.34. The summed E-state index contributed by atoms with van der Waals surface area (Å²) in [6.07, 6.45) is 4.13. The number of amides is 2. The Labute approximate surface area is 226 Å². The van der Waals surface area contributed by atoms with Gasteiger partial charge >= 0.3 is 6.09 Å². The smallest absolute Gasteiger partial charge is 0.411 e. The number of allylic oxidation sites excluding steroid dienone is 2. The Hall–Kier alpha value is -2.72. The predicted molar refractivity (Wildman–Crippen MR) is 149 cm³/mol. The van der Waals surface area contributed by atoms with E-state index < -0.39 is 21.7 Å². The number of sulfonamides is 1. The zero-order valence-electron chi connectivity index (χ0n) is 23.1. The molecule has 38 heavy (non-hydrogen) atoms. The summed E-state index contributed by atoms with van der Waals surface area (Å²) in [5.74, 6) is 0.930. The van der Waals surface area contributed by atoms with Crippen molar-refractivity contribution >= 4 is 33.5 Å². The number of hydrogen-bond donors (Lipinski definition) is 2. The van der Waals surface area contributed by atoms with E-state index in [1.807, 2.05) is 13.8 Å². The van der Waals surface area contributed by atoms with Crippen LogP contribution in [0.2, 0.25) is 0 Å². The number of carbonyl (C=O) groups excluding carboxylic acids is 1. The van der Waals surface area contributed by atoms with Crippen LogP contribution < -0.4 is 10.2 Å². The molecular weight excluding hydrogens is 504 g/mol. The third-order valence-electron chi connectivity index (χ3n) is 8.59. The molecule has 4 rings (SSSR count). The molecule has 1 spiro atoms. The van der Waals surface area contributed by atoms with Crippen LogP contribution in [0.25, 0.3) is 0 Å². The van der Waals surface area contributed by atoms with Crippen molar-refractivity contribution in [2.24, 2.45) is 10.9 Å². The van der Waals surface area contributed by atoms with E-state index in [1.54, 1.807) is 12.1 Å². The van der Waals surface area contributed by atoms with Crippen LogP contribution in [0.3, 0.4) is 0 Å². The molecule has 208 valence electrons. The third kappa shape index (κ3) is 5.66. The van der Waals surface area contributed by atoms with Gasteiger partial charge in [0.1, 0.15) is 11.4 Å². The van der Waals surface area contributed by atoms with Gasteiger partial charge in [-0.15, -0.1) is 0 Å². The van der Waals surface area contributed by atoms with Crippen LogP contribution in [0.15, 0.2) is 28.3 Å². The molecule has 9 nitrogen and oxygen atoms in total. The molecule has 2 heterocycles. The molecule has 2 N–H and O–H groups in total. The molecule has 0 atom stereocenters. The average Bonchev–Trinajstić information content (AvgIpc) is 3.18. The lowest BCUT2D eigenvalue weighted by Crippen LogP contribution is -2.51. The third-order valence-corrected chi connectivity index (χ3v) is 10.5. The normalized spacial score (nSPS) is 21.8. The first kappa shape index (κ1) is 28.3. The molecule has 0 radical (unpaired) electrons. The lowest BCUT2D eigenvalue weighted by molar-refractivity contribution is -0.125. The minimum absolute atomic E-state index is 0.0364. The average molecular weight is 545 g/mol. The first-order valence-electron chi connectivity index (χ1n) is 13.4. The summed E-state index contributed by atoms with van der Waals surface area (Å²) in [7, 11) is -2.04. The first-order chi connectivity index (χ1) is 17.8. The molecule has 0 bridgehead atoms. The van der Waals surface area contributed by atoms with Crippen molar-refractivity contribution in [2.45, 2.75) is 78.2 Å². The van der Waals surface area contributed by atoms with Gasteiger partial charge < -0.3 is 10.4 Å². The first-order valence-corrected chi connectivity index (χ1v) is 15.0. The molecule has 1 aromatic rings. The van der Waals surface area contributed by atoms with Crippen LogP contribution in [-0.4, -0.2) is 67.1 Å². The summed E-state index contributed by atoms with van der Waals surface area (Å²) < 4.78 is 28.0. The molecule has 10 heteroatoms. The Morgan fingerprint density at radius 2 is 1.74 bits per heavy atom. The quantitative estimate of drug-likeness (QED) is 0.521. The monoisotopic (exact) mass is 544 g/mol. The molecule has 2 fully saturated rings. The van der Waals surface area contributed by atoms with Crippen LogP contribution in [-0.2, 0) is 21.2 Å². The van der Waals surface area contributed by atoms with Gasteiger partial charge in [0, 0.05) is 31.7 Å². The van der Waals surface area contributed by atoms with Gasteiger partial charge in [0.05, 0.1) is 5.75 Å². The number of anilines is 1. The maximum atomic E-state index is 13.2. The van der Waals surface area contributed by atoms with E-state index in [2.05, 4.69) is 19.2 Å². The van der Waals surface area contributed by atoms with Gasteiger partial charge in [-0.05, 0) is 101 Å². The van der Waals surface area contributed by atoms with Gasteiger partial charge in [0.25, 0.3) is 5.91 Å². The second kappa shape index (κ2) is 10.8. The number of nitrogens with one attached hydrogen (secondary N) is 1.